The zero-order valence-electron chi connectivity index (χ0n) is 14.0. The van der Waals surface area contributed by atoms with Crippen molar-refractivity contribution in [3.8, 4) is 0 Å². The van der Waals surface area contributed by atoms with Gasteiger partial charge < -0.3 is 10.2 Å². The maximum atomic E-state index is 3.54. The summed E-state index contributed by atoms with van der Waals surface area (Å²) in [6, 6.07) is 6.98. The predicted molar refractivity (Wildman–Crippen MR) is 96.5 cm³/mol. The number of benzene rings is 1. The van der Waals surface area contributed by atoms with Crippen molar-refractivity contribution in [1.29, 1.82) is 0 Å². The fourth-order valence-electron chi connectivity index (χ4n) is 2.77. The van der Waals surface area contributed by atoms with Crippen LogP contribution in [0, 0.1) is 12.8 Å². The number of nitrogens with zero attached hydrogens (tertiary/aromatic N) is 1. The van der Waals surface area contributed by atoms with Crippen molar-refractivity contribution < 1.29 is 0 Å². The number of rotatable bonds is 6. The molecule has 118 valence electrons. The van der Waals surface area contributed by atoms with Crippen LogP contribution in [0.1, 0.15) is 38.3 Å². The molecule has 3 heteroatoms. The van der Waals surface area contributed by atoms with Gasteiger partial charge in [-0.3, -0.25) is 0 Å². The zero-order chi connectivity index (χ0) is 15.2. The number of nitrogens with one attached hydrogen (secondary N) is 1. The molecule has 2 rings (SSSR count). The van der Waals surface area contributed by atoms with Crippen LogP contribution >= 0.6 is 11.8 Å². The number of hydrogen-bond acceptors (Lipinski definition) is 3. The lowest BCUT2D eigenvalue weighted by molar-refractivity contribution is 0.551. The number of thioether (sulfide) groups is 1. The Morgan fingerprint density at radius 2 is 2.19 bits per heavy atom. The highest BCUT2D eigenvalue weighted by atomic mass is 32.2. The van der Waals surface area contributed by atoms with Crippen molar-refractivity contribution in [3.63, 3.8) is 0 Å². The second-order valence-electron chi connectivity index (χ2n) is 6.48. The zero-order valence-corrected chi connectivity index (χ0v) is 14.8. The Labute approximate surface area is 134 Å². The van der Waals surface area contributed by atoms with Crippen LogP contribution in [0.2, 0.25) is 0 Å². The largest absolute Gasteiger partial charge is 0.370 e. The average molecular weight is 307 g/mol. The molecule has 0 radical (unpaired) electrons. The quantitative estimate of drug-likeness (QED) is 0.853. The van der Waals surface area contributed by atoms with Gasteiger partial charge in [0.15, 0.2) is 0 Å². The van der Waals surface area contributed by atoms with E-state index in [1.54, 1.807) is 0 Å². The molecule has 0 bridgehead atoms. The monoisotopic (exact) mass is 306 g/mol. The summed E-state index contributed by atoms with van der Waals surface area (Å²) in [7, 11) is 0. The smallest absolute Gasteiger partial charge is 0.0369 e. The van der Waals surface area contributed by atoms with E-state index in [4.69, 9.17) is 0 Å². The van der Waals surface area contributed by atoms with E-state index in [-0.39, 0.29) is 0 Å². The first-order valence-electron chi connectivity index (χ1n) is 8.27. The van der Waals surface area contributed by atoms with Crippen LogP contribution < -0.4 is 10.2 Å². The van der Waals surface area contributed by atoms with Gasteiger partial charge in [0.1, 0.15) is 0 Å². The Hall–Kier alpha value is -0.670. The predicted octanol–water partition coefficient (Wildman–Crippen LogP) is 4.07. The molecule has 0 aliphatic carbocycles. The summed E-state index contributed by atoms with van der Waals surface area (Å²) in [5.74, 6) is 1.97. The molecule has 1 atom stereocenters. The summed E-state index contributed by atoms with van der Waals surface area (Å²) in [5, 5.41) is 4.34. The molecule has 1 aliphatic rings. The molecule has 1 saturated heterocycles. The van der Waals surface area contributed by atoms with E-state index in [1.807, 2.05) is 0 Å². The summed E-state index contributed by atoms with van der Waals surface area (Å²) in [5.41, 5.74) is 4.24. The lowest BCUT2D eigenvalue weighted by atomic mass is 10.1. The van der Waals surface area contributed by atoms with Gasteiger partial charge in [0.25, 0.3) is 0 Å². The third kappa shape index (κ3) is 4.93. The minimum atomic E-state index is 0.710. The van der Waals surface area contributed by atoms with E-state index in [9.17, 15) is 0 Å². The molecule has 1 aromatic carbocycles. The van der Waals surface area contributed by atoms with Gasteiger partial charge in [-0.25, -0.2) is 0 Å². The van der Waals surface area contributed by atoms with Gasteiger partial charge in [0, 0.05) is 36.3 Å². The summed E-state index contributed by atoms with van der Waals surface area (Å²) in [4.78, 5) is 2.56. The first kappa shape index (κ1) is 16.7. The highest BCUT2D eigenvalue weighted by molar-refractivity contribution is 8.00. The molecule has 1 unspecified atom stereocenters. The maximum Gasteiger partial charge on any atom is 0.0369 e. The molecule has 1 N–H and O–H groups in total. The Morgan fingerprint density at radius 1 is 1.38 bits per heavy atom. The summed E-state index contributed by atoms with van der Waals surface area (Å²) in [6.07, 6.45) is 1.28. The molecule has 1 heterocycles. The third-order valence-corrected chi connectivity index (χ3v) is 5.53. The number of aryl methyl sites for hydroxylation is 1. The second kappa shape index (κ2) is 8.09. The van der Waals surface area contributed by atoms with Crippen molar-refractivity contribution >= 4 is 17.4 Å². The van der Waals surface area contributed by atoms with E-state index in [2.05, 4.69) is 67.9 Å². The van der Waals surface area contributed by atoms with Crippen LogP contribution in [0.15, 0.2) is 18.2 Å². The maximum absolute atomic E-state index is 3.54. The molecule has 2 nitrogen and oxygen atoms in total. The molecular formula is C18H30N2S. The van der Waals surface area contributed by atoms with Gasteiger partial charge in [0.2, 0.25) is 0 Å². The number of hydrogen-bond donors (Lipinski definition) is 1. The van der Waals surface area contributed by atoms with Crippen LogP contribution in [-0.2, 0) is 6.54 Å². The summed E-state index contributed by atoms with van der Waals surface area (Å²) in [6.45, 7) is 13.5. The normalized spacial score (nSPS) is 19.3. The van der Waals surface area contributed by atoms with Crippen molar-refractivity contribution in [1.82, 2.24) is 5.32 Å². The first-order chi connectivity index (χ1) is 10.1. The van der Waals surface area contributed by atoms with Crippen molar-refractivity contribution in [2.75, 3.05) is 30.3 Å². The van der Waals surface area contributed by atoms with E-state index in [0.717, 1.165) is 18.3 Å². The fraction of sp³-hybridized carbons (Fsp3) is 0.667. The van der Waals surface area contributed by atoms with Crippen LogP contribution in [0.5, 0.6) is 0 Å². The molecule has 0 aromatic heterocycles. The lowest BCUT2D eigenvalue weighted by Gasteiger charge is -2.34. The van der Waals surface area contributed by atoms with Gasteiger partial charge in [-0.2, -0.15) is 11.8 Å². The van der Waals surface area contributed by atoms with Gasteiger partial charge in [0.05, 0.1) is 0 Å². The molecular weight excluding hydrogens is 276 g/mol. The molecule has 0 saturated carbocycles. The van der Waals surface area contributed by atoms with Crippen LogP contribution in [0.25, 0.3) is 0 Å². The van der Waals surface area contributed by atoms with Crippen molar-refractivity contribution in [2.24, 2.45) is 5.92 Å². The SMILES string of the molecule is CCC1CN(c2ccc(CNCC(C)C)c(C)c2)CCS1. The van der Waals surface area contributed by atoms with Gasteiger partial charge in [-0.1, -0.05) is 26.8 Å². The standard InChI is InChI=1S/C18H30N2S/c1-5-18-13-20(8-9-21-18)17-7-6-16(15(4)10-17)12-19-11-14(2)3/h6-7,10,14,18-19H,5,8-9,11-13H2,1-4H3. The summed E-state index contributed by atoms with van der Waals surface area (Å²) >= 11 is 2.13. The highest BCUT2D eigenvalue weighted by Gasteiger charge is 2.19. The van der Waals surface area contributed by atoms with Crippen molar-refractivity contribution in [2.45, 2.75) is 45.9 Å². The Balaban J connectivity index is 1.97. The molecule has 0 spiro atoms. The van der Waals surface area contributed by atoms with E-state index in [1.165, 1.54) is 42.1 Å². The van der Waals surface area contributed by atoms with Crippen LogP contribution in [-0.4, -0.2) is 30.6 Å². The van der Waals surface area contributed by atoms with Crippen LogP contribution in [0.3, 0.4) is 0 Å². The minimum absolute atomic E-state index is 0.710. The molecule has 0 amide bonds. The van der Waals surface area contributed by atoms with E-state index >= 15 is 0 Å². The van der Waals surface area contributed by atoms with E-state index in [0.29, 0.717) is 5.92 Å². The first-order valence-corrected chi connectivity index (χ1v) is 9.31. The van der Waals surface area contributed by atoms with Crippen molar-refractivity contribution in [3.05, 3.63) is 29.3 Å². The van der Waals surface area contributed by atoms with E-state index < -0.39 is 0 Å². The van der Waals surface area contributed by atoms with Gasteiger partial charge in [-0.05, 0) is 49.1 Å². The van der Waals surface area contributed by atoms with Gasteiger partial charge in [-0.15, -0.1) is 0 Å². The topological polar surface area (TPSA) is 15.3 Å². The Kier molecular flexibility index (Phi) is 6.43. The summed E-state index contributed by atoms with van der Waals surface area (Å²) < 4.78 is 0. The molecule has 21 heavy (non-hydrogen) atoms. The fourth-order valence-corrected chi connectivity index (χ4v) is 3.95. The minimum Gasteiger partial charge on any atom is -0.370 e. The number of anilines is 1. The molecule has 1 aliphatic heterocycles. The average Bonchev–Trinajstić information content (AvgIpc) is 2.48. The lowest BCUT2D eigenvalue weighted by Crippen LogP contribution is -2.37. The third-order valence-electron chi connectivity index (χ3n) is 4.15. The van der Waals surface area contributed by atoms with Crippen LogP contribution in [0.4, 0.5) is 5.69 Å². The highest BCUT2D eigenvalue weighted by Crippen LogP contribution is 2.27. The molecule has 1 fully saturated rings. The Morgan fingerprint density at radius 3 is 2.86 bits per heavy atom. The Bertz CT molecular complexity index is 445. The second-order valence-corrected chi connectivity index (χ2v) is 7.89. The molecule has 1 aromatic rings. The van der Waals surface area contributed by atoms with Gasteiger partial charge >= 0.3 is 0 Å².